The molecular weight excluding hydrogens is 555 g/mol. The minimum absolute atomic E-state index is 1.22. The van der Waals surface area contributed by atoms with Gasteiger partial charge in [-0.15, -0.1) is 0 Å². The highest BCUT2D eigenvalue weighted by Gasteiger charge is 2.01. The lowest BCUT2D eigenvalue weighted by atomic mass is 10.0. The van der Waals surface area contributed by atoms with E-state index in [0.29, 0.717) is 0 Å². The molecule has 1 aromatic rings. The zero-order valence-corrected chi connectivity index (χ0v) is 32.0. The van der Waals surface area contributed by atoms with Gasteiger partial charge in [-0.25, -0.2) is 0 Å². The Morgan fingerprint density at radius 2 is 0.478 bits per heavy atom. The summed E-state index contributed by atoms with van der Waals surface area (Å²) in [5.41, 5.74) is 2.94. The third-order valence-electron chi connectivity index (χ3n) is 10.5. The zero-order valence-electron chi connectivity index (χ0n) is 32.0. The number of pyridine rings is 1. The van der Waals surface area contributed by atoms with Gasteiger partial charge in [0.2, 0.25) is 0 Å². The van der Waals surface area contributed by atoms with E-state index in [-0.39, 0.29) is 0 Å². The van der Waals surface area contributed by atoms with E-state index in [4.69, 9.17) is 0 Å². The second kappa shape index (κ2) is 37.0. The molecule has 0 radical (unpaired) electrons. The minimum Gasteiger partial charge on any atom is -0.264 e. The molecule has 1 rings (SSSR count). The normalized spacial score (nSPS) is 11.5. The quantitative estimate of drug-likeness (QED) is 0.0656. The molecule has 1 aromatic heterocycles. The van der Waals surface area contributed by atoms with E-state index in [1.54, 1.807) is 0 Å². The molecule has 0 aliphatic carbocycles. The van der Waals surface area contributed by atoms with Crippen LogP contribution >= 0.6 is 0 Å². The van der Waals surface area contributed by atoms with Gasteiger partial charge in [-0.05, 0) is 36.8 Å². The fourth-order valence-corrected chi connectivity index (χ4v) is 7.28. The first-order valence-corrected chi connectivity index (χ1v) is 21.8. The molecule has 1 heteroatoms. The van der Waals surface area contributed by atoms with Crippen LogP contribution in [0.2, 0.25) is 0 Å². The van der Waals surface area contributed by atoms with E-state index in [0.717, 1.165) is 0 Å². The molecule has 0 bridgehead atoms. The van der Waals surface area contributed by atoms with Crippen molar-refractivity contribution in [2.24, 2.45) is 0 Å². The average Bonchev–Trinajstić information content (AvgIpc) is 3.07. The van der Waals surface area contributed by atoms with Gasteiger partial charge in [-0.3, -0.25) is 4.98 Å². The summed E-state index contributed by atoms with van der Waals surface area (Å²) in [6.07, 6.45) is 58.7. The van der Waals surface area contributed by atoms with Crippen LogP contribution in [-0.4, -0.2) is 4.98 Å². The van der Waals surface area contributed by atoms with Crippen LogP contribution in [0, 0.1) is 0 Å². The van der Waals surface area contributed by atoms with Crippen molar-refractivity contribution >= 4 is 0 Å². The van der Waals surface area contributed by atoms with Crippen molar-refractivity contribution in [2.75, 3.05) is 0 Å². The van der Waals surface area contributed by atoms with Crippen molar-refractivity contribution in [1.82, 2.24) is 4.98 Å². The van der Waals surface area contributed by atoms with Gasteiger partial charge in [-0.2, -0.15) is 0 Å². The largest absolute Gasteiger partial charge is 0.264 e. The molecule has 0 spiro atoms. The summed E-state index contributed by atoms with van der Waals surface area (Å²) < 4.78 is 0. The summed E-state index contributed by atoms with van der Waals surface area (Å²) in [5, 5.41) is 0. The predicted octanol–water partition coefficient (Wildman–Crippen LogP) is 16.2. The second-order valence-corrected chi connectivity index (χ2v) is 15.2. The topological polar surface area (TPSA) is 12.9 Å². The molecule has 0 unspecified atom stereocenters. The van der Waals surface area contributed by atoms with Gasteiger partial charge >= 0.3 is 0 Å². The van der Waals surface area contributed by atoms with Crippen molar-refractivity contribution < 1.29 is 0 Å². The third kappa shape index (κ3) is 31.7. The van der Waals surface area contributed by atoms with Crippen LogP contribution in [0.25, 0.3) is 0 Å². The van der Waals surface area contributed by atoms with Gasteiger partial charge in [-0.1, -0.05) is 238 Å². The van der Waals surface area contributed by atoms with Gasteiger partial charge in [0.15, 0.2) is 0 Å². The second-order valence-electron chi connectivity index (χ2n) is 15.2. The van der Waals surface area contributed by atoms with Crippen LogP contribution < -0.4 is 0 Å². The molecule has 0 fully saturated rings. The fraction of sp³-hybridized carbons (Fsp3) is 0.889. The van der Waals surface area contributed by atoms with Crippen molar-refractivity contribution in [3.63, 3.8) is 0 Å². The molecule has 0 aromatic carbocycles. The molecule has 0 aliphatic heterocycles. The molecule has 270 valence electrons. The average molecular weight is 640 g/mol. The molecule has 1 heterocycles. The van der Waals surface area contributed by atoms with Gasteiger partial charge in [0.25, 0.3) is 0 Å². The lowest BCUT2D eigenvalue weighted by Gasteiger charge is -2.06. The molecule has 0 saturated heterocycles. The molecule has 1 nitrogen and oxygen atoms in total. The first kappa shape index (κ1) is 43.2. The number of hydrogen-bond acceptors (Lipinski definition) is 1. The van der Waals surface area contributed by atoms with Gasteiger partial charge in [0.05, 0.1) is 0 Å². The van der Waals surface area contributed by atoms with Crippen LogP contribution in [0.15, 0.2) is 18.5 Å². The molecule has 0 saturated carbocycles. The zero-order chi connectivity index (χ0) is 32.9. The molecule has 0 atom stereocenters. The summed E-state index contributed by atoms with van der Waals surface area (Å²) in [6.45, 7) is 4.61. The maximum atomic E-state index is 4.58. The number of aromatic nitrogens is 1. The number of rotatable bonds is 38. The molecule has 46 heavy (non-hydrogen) atoms. The predicted molar refractivity (Wildman–Crippen MR) is 209 cm³/mol. The highest BCUT2D eigenvalue weighted by molar-refractivity contribution is 5.18. The Labute approximate surface area is 291 Å². The first-order valence-electron chi connectivity index (χ1n) is 21.8. The van der Waals surface area contributed by atoms with Crippen molar-refractivity contribution in [2.45, 2.75) is 258 Å². The Balaban J connectivity index is 1.82. The van der Waals surface area contributed by atoms with E-state index in [2.05, 4.69) is 37.3 Å². The monoisotopic (exact) mass is 640 g/mol. The fourth-order valence-electron chi connectivity index (χ4n) is 7.28. The highest BCUT2D eigenvalue weighted by Crippen LogP contribution is 2.17. The van der Waals surface area contributed by atoms with Gasteiger partial charge < -0.3 is 0 Å². The van der Waals surface area contributed by atoms with E-state index in [1.807, 2.05) is 0 Å². The summed E-state index contributed by atoms with van der Waals surface area (Å²) in [5.74, 6) is 0. The van der Waals surface area contributed by atoms with Crippen LogP contribution in [0.3, 0.4) is 0 Å². The Morgan fingerprint density at radius 3 is 0.696 bits per heavy atom. The Kier molecular flexibility index (Phi) is 34.7. The SMILES string of the molecule is CCCCCCCCCCCCCCCCCCCCc1cncc(CCCCCCCCCCCCCCCCCCCC)c1. The third-order valence-corrected chi connectivity index (χ3v) is 10.5. The van der Waals surface area contributed by atoms with E-state index < -0.39 is 0 Å². The van der Waals surface area contributed by atoms with Crippen LogP contribution in [-0.2, 0) is 12.8 Å². The van der Waals surface area contributed by atoms with Gasteiger partial charge in [0.1, 0.15) is 0 Å². The lowest BCUT2D eigenvalue weighted by molar-refractivity contribution is 0.525. The number of nitrogens with zero attached hydrogens (tertiary/aromatic N) is 1. The molecule has 0 N–H and O–H groups in total. The minimum atomic E-state index is 1.22. The maximum Gasteiger partial charge on any atom is 0.0300 e. The van der Waals surface area contributed by atoms with Gasteiger partial charge in [0, 0.05) is 12.4 Å². The highest BCUT2D eigenvalue weighted by atomic mass is 14.6. The molecule has 0 aliphatic rings. The summed E-state index contributed by atoms with van der Waals surface area (Å²) in [6, 6.07) is 2.45. The van der Waals surface area contributed by atoms with Crippen LogP contribution in [0.4, 0.5) is 0 Å². The maximum absolute atomic E-state index is 4.58. The number of hydrogen-bond donors (Lipinski definition) is 0. The smallest absolute Gasteiger partial charge is 0.0300 e. The van der Waals surface area contributed by atoms with E-state index in [1.165, 1.54) is 255 Å². The van der Waals surface area contributed by atoms with Crippen molar-refractivity contribution in [3.05, 3.63) is 29.6 Å². The summed E-state index contributed by atoms with van der Waals surface area (Å²) in [7, 11) is 0. The Bertz CT molecular complexity index is 641. The Morgan fingerprint density at radius 1 is 0.283 bits per heavy atom. The lowest BCUT2D eigenvalue weighted by Crippen LogP contribution is -1.93. The number of unbranched alkanes of at least 4 members (excludes halogenated alkanes) is 34. The first-order chi connectivity index (χ1) is 22.9. The van der Waals surface area contributed by atoms with Crippen LogP contribution in [0.1, 0.15) is 256 Å². The standard InChI is InChI=1S/C45H85N/c1-3-5-7-9-11-13-15-17-19-21-23-25-27-29-31-33-35-37-39-44-41-45(43-46-42-44)40-38-36-34-32-30-28-26-24-22-20-18-16-14-12-10-8-6-4-2/h41-43H,3-40H2,1-2H3. The van der Waals surface area contributed by atoms with Crippen LogP contribution in [0.5, 0.6) is 0 Å². The van der Waals surface area contributed by atoms with Crippen molar-refractivity contribution in [1.29, 1.82) is 0 Å². The summed E-state index contributed by atoms with van der Waals surface area (Å²) >= 11 is 0. The van der Waals surface area contributed by atoms with E-state index >= 15 is 0 Å². The van der Waals surface area contributed by atoms with E-state index in [9.17, 15) is 0 Å². The molecule has 0 amide bonds. The van der Waals surface area contributed by atoms with Crippen molar-refractivity contribution in [3.8, 4) is 0 Å². The molecular formula is C45H85N. The summed E-state index contributed by atoms with van der Waals surface area (Å²) in [4.78, 5) is 4.58. The number of aryl methyl sites for hydroxylation is 2. The Hall–Kier alpha value is -0.850.